The number of aliphatic hydroxyl groups is 1. The van der Waals surface area contributed by atoms with Crippen molar-refractivity contribution in [1.29, 1.82) is 0 Å². The smallest absolute Gasteiger partial charge is 0.193 e. The zero-order valence-corrected chi connectivity index (χ0v) is 14.3. The first kappa shape index (κ1) is 15.7. The van der Waals surface area contributed by atoms with E-state index in [0.29, 0.717) is 36.5 Å². The number of aliphatic hydroxyl groups excluding tert-OH is 1. The summed E-state index contributed by atoms with van der Waals surface area (Å²) in [5, 5.41) is 13.9. The fourth-order valence-electron chi connectivity index (χ4n) is 5.35. The predicted molar refractivity (Wildman–Crippen MR) is 90.4 cm³/mol. The van der Waals surface area contributed by atoms with E-state index in [-0.39, 0.29) is 6.10 Å². The topological polar surface area (TPSA) is 57.1 Å². The van der Waals surface area contributed by atoms with Gasteiger partial charge in [-0.1, -0.05) is 19.3 Å². The number of hydrogen-bond acceptors (Lipinski definition) is 3. The zero-order valence-electron chi connectivity index (χ0n) is 14.3. The van der Waals surface area contributed by atoms with Gasteiger partial charge >= 0.3 is 0 Å². The van der Waals surface area contributed by atoms with Crippen LogP contribution >= 0.6 is 0 Å². The number of guanidine groups is 1. The Balaban J connectivity index is 1.30. The van der Waals surface area contributed by atoms with Crippen molar-refractivity contribution in [3.63, 3.8) is 0 Å². The number of nitrogens with one attached hydrogen (secondary N) is 1. The number of aliphatic imine (C=N–C) groups is 1. The van der Waals surface area contributed by atoms with Crippen molar-refractivity contribution in [1.82, 2.24) is 10.2 Å². The van der Waals surface area contributed by atoms with Gasteiger partial charge in [-0.2, -0.15) is 0 Å². The van der Waals surface area contributed by atoms with Gasteiger partial charge in [0, 0.05) is 38.5 Å². The molecule has 4 rings (SSSR count). The second-order valence-electron chi connectivity index (χ2n) is 7.92. The van der Waals surface area contributed by atoms with Crippen molar-refractivity contribution in [2.45, 2.75) is 63.3 Å². The Morgan fingerprint density at radius 2 is 1.78 bits per heavy atom. The van der Waals surface area contributed by atoms with Crippen LogP contribution in [0.15, 0.2) is 4.99 Å². The molecule has 5 heteroatoms. The third kappa shape index (κ3) is 2.98. The number of ether oxygens (including phenoxy) is 1. The average molecular weight is 321 g/mol. The average Bonchev–Trinajstić information content (AvgIpc) is 3.29. The fraction of sp³-hybridized carbons (Fsp3) is 0.944. The summed E-state index contributed by atoms with van der Waals surface area (Å²) in [6, 6.07) is 0. The summed E-state index contributed by atoms with van der Waals surface area (Å²) < 4.78 is 6.05. The molecular weight excluding hydrogens is 290 g/mol. The molecule has 4 aliphatic rings. The second kappa shape index (κ2) is 6.60. The maximum absolute atomic E-state index is 10.5. The van der Waals surface area contributed by atoms with Crippen molar-refractivity contribution < 1.29 is 9.84 Å². The lowest BCUT2D eigenvalue weighted by Crippen LogP contribution is -2.45. The van der Waals surface area contributed by atoms with Crippen LogP contribution in [0.1, 0.15) is 44.9 Å². The normalized spacial score (nSPS) is 38.9. The summed E-state index contributed by atoms with van der Waals surface area (Å²) >= 11 is 0. The Hall–Kier alpha value is -0.810. The van der Waals surface area contributed by atoms with Crippen LogP contribution < -0.4 is 5.32 Å². The Labute approximate surface area is 139 Å². The monoisotopic (exact) mass is 321 g/mol. The van der Waals surface area contributed by atoms with Gasteiger partial charge in [0.15, 0.2) is 5.96 Å². The molecule has 5 atom stereocenters. The van der Waals surface area contributed by atoms with Crippen LogP contribution in [-0.2, 0) is 4.74 Å². The van der Waals surface area contributed by atoms with Crippen LogP contribution in [0, 0.1) is 17.8 Å². The van der Waals surface area contributed by atoms with Gasteiger partial charge < -0.3 is 20.1 Å². The van der Waals surface area contributed by atoms with Crippen LogP contribution in [0.2, 0.25) is 0 Å². The lowest BCUT2D eigenvalue weighted by molar-refractivity contribution is 0.0756. The van der Waals surface area contributed by atoms with E-state index in [0.717, 1.165) is 19.0 Å². The maximum Gasteiger partial charge on any atom is 0.193 e. The molecule has 23 heavy (non-hydrogen) atoms. The first-order valence-electron chi connectivity index (χ1n) is 9.55. The quantitative estimate of drug-likeness (QED) is 0.612. The van der Waals surface area contributed by atoms with Gasteiger partial charge in [-0.15, -0.1) is 0 Å². The summed E-state index contributed by atoms with van der Waals surface area (Å²) in [6.07, 6.45) is 9.45. The van der Waals surface area contributed by atoms with Gasteiger partial charge in [-0.3, -0.25) is 4.99 Å². The number of hydrogen-bond donors (Lipinski definition) is 2. The summed E-state index contributed by atoms with van der Waals surface area (Å²) in [5.74, 6) is 2.82. The zero-order chi connectivity index (χ0) is 15.8. The molecule has 0 aromatic heterocycles. The van der Waals surface area contributed by atoms with Crippen molar-refractivity contribution in [3.8, 4) is 0 Å². The minimum absolute atomic E-state index is 0.242. The summed E-state index contributed by atoms with van der Waals surface area (Å²) in [6.45, 7) is 2.75. The second-order valence-corrected chi connectivity index (χ2v) is 7.92. The number of nitrogens with zero attached hydrogens (tertiary/aromatic N) is 2. The maximum atomic E-state index is 10.5. The predicted octanol–water partition coefficient (Wildman–Crippen LogP) is 1.61. The highest BCUT2D eigenvalue weighted by Gasteiger charge is 2.53. The van der Waals surface area contributed by atoms with E-state index in [9.17, 15) is 5.11 Å². The van der Waals surface area contributed by atoms with Gasteiger partial charge in [0.05, 0.1) is 18.3 Å². The molecule has 4 fully saturated rings. The van der Waals surface area contributed by atoms with E-state index in [1.165, 1.54) is 44.9 Å². The Kier molecular flexibility index (Phi) is 4.50. The van der Waals surface area contributed by atoms with Crippen LogP contribution in [0.5, 0.6) is 0 Å². The molecule has 0 aromatic rings. The molecule has 5 unspecified atom stereocenters. The molecule has 130 valence electrons. The minimum atomic E-state index is -0.242. The standard InChI is InChI=1S/C18H31N3O2/c1-19-18(20-9-15(22)12-5-3-2-4-6-12)21-10-13-14(11-21)17-8-7-16(13)23-17/h12-17,22H,2-11H2,1H3,(H,19,20). The van der Waals surface area contributed by atoms with Crippen molar-refractivity contribution in [2.24, 2.45) is 22.7 Å². The summed E-state index contributed by atoms with van der Waals surface area (Å²) in [4.78, 5) is 6.85. The fourth-order valence-corrected chi connectivity index (χ4v) is 5.35. The molecule has 1 aliphatic carbocycles. The number of likely N-dealkylation sites (tertiary alicyclic amines) is 1. The van der Waals surface area contributed by atoms with Crippen LogP contribution in [0.3, 0.4) is 0 Å². The van der Waals surface area contributed by atoms with Gasteiger partial charge in [0.2, 0.25) is 0 Å². The highest BCUT2D eigenvalue weighted by atomic mass is 16.5. The van der Waals surface area contributed by atoms with Gasteiger partial charge in [-0.05, 0) is 31.6 Å². The summed E-state index contributed by atoms with van der Waals surface area (Å²) in [5.41, 5.74) is 0. The van der Waals surface area contributed by atoms with Gasteiger partial charge in [0.1, 0.15) is 0 Å². The van der Waals surface area contributed by atoms with Gasteiger partial charge in [-0.25, -0.2) is 0 Å². The number of rotatable bonds is 3. The van der Waals surface area contributed by atoms with Crippen molar-refractivity contribution >= 4 is 5.96 Å². The van der Waals surface area contributed by atoms with E-state index >= 15 is 0 Å². The van der Waals surface area contributed by atoms with E-state index in [4.69, 9.17) is 4.74 Å². The van der Waals surface area contributed by atoms with Crippen molar-refractivity contribution in [2.75, 3.05) is 26.7 Å². The first-order chi connectivity index (χ1) is 11.3. The molecule has 2 N–H and O–H groups in total. The van der Waals surface area contributed by atoms with Crippen LogP contribution in [0.25, 0.3) is 0 Å². The molecule has 0 radical (unpaired) electrons. The molecule has 3 aliphatic heterocycles. The highest BCUT2D eigenvalue weighted by molar-refractivity contribution is 5.80. The van der Waals surface area contributed by atoms with E-state index in [1.54, 1.807) is 0 Å². The Morgan fingerprint density at radius 3 is 2.39 bits per heavy atom. The molecule has 0 aromatic carbocycles. The van der Waals surface area contributed by atoms with E-state index in [2.05, 4.69) is 15.2 Å². The highest BCUT2D eigenvalue weighted by Crippen LogP contribution is 2.47. The molecule has 1 saturated carbocycles. The van der Waals surface area contributed by atoms with Gasteiger partial charge in [0.25, 0.3) is 0 Å². The number of fused-ring (bicyclic) bond motifs is 5. The molecular formula is C18H31N3O2. The lowest BCUT2D eigenvalue weighted by Gasteiger charge is -2.29. The SMILES string of the molecule is CN=C(NCC(O)C1CCCCC1)N1CC2C3CCC(O3)C2C1. The molecule has 2 bridgehead atoms. The van der Waals surface area contributed by atoms with E-state index in [1.807, 2.05) is 7.05 Å². The Bertz CT molecular complexity index is 432. The lowest BCUT2D eigenvalue weighted by atomic mass is 9.82. The van der Waals surface area contributed by atoms with Crippen LogP contribution in [0.4, 0.5) is 0 Å². The molecule has 5 nitrogen and oxygen atoms in total. The van der Waals surface area contributed by atoms with Crippen LogP contribution in [-0.4, -0.2) is 61.0 Å². The molecule has 0 spiro atoms. The summed E-state index contributed by atoms with van der Waals surface area (Å²) in [7, 11) is 1.86. The molecule has 3 heterocycles. The Morgan fingerprint density at radius 1 is 1.13 bits per heavy atom. The minimum Gasteiger partial charge on any atom is -0.391 e. The first-order valence-corrected chi connectivity index (χ1v) is 9.55. The third-order valence-electron chi connectivity index (χ3n) is 6.63. The third-order valence-corrected chi connectivity index (χ3v) is 6.63. The largest absolute Gasteiger partial charge is 0.391 e. The van der Waals surface area contributed by atoms with Crippen molar-refractivity contribution in [3.05, 3.63) is 0 Å². The van der Waals surface area contributed by atoms with E-state index < -0.39 is 0 Å². The molecule has 3 saturated heterocycles. The molecule has 0 amide bonds.